The third kappa shape index (κ3) is 3.52. The number of aromatic amines is 1. The molecule has 0 bridgehead atoms. The minimum absolute atomic E-state index is 0.0689. The number of benzene rings is 2. The van der Waals surface area contributed by atoms with Crippen molar-refractivity contribution in [1.82, 2.24) is 19.5 Å². The summed E-state index contributed by atoms with van der Waals surface area (Å²) in [5.41, 5.74) is 1.73. The van der Waals surface area contributed by atoms with Crippen molar-refractivity contribution in [2.75, 3.05) is 18.0 Å². The lowest BCUT2D eigenvalue weighted by Crippen LogP contribution is -2.37. The van der Waals surface area contributed by atoms with E-state index in [1.807, 2.05) is 28.8 Å². The van der Waals surface area contributed by atoms with Gasteiger partial charge in [-0.25, -0.2) is 14.2 Å². The Balaban J connectivity index is 1.30. The number of para-hydroxylation sites is 2. The van der Waals surface area contributed by atoms with Crippen molar-refractivity contribution >= 4 is 17.0 Å². The lowest BCUT2D eigenvalue weighted by atomic mass is 10.0. The topological polar surface area (TPSA) is 76.0 Å². The molecule has 1 aliphatic rings. The van der Waals surface area contributed by atoms with Crippen LogP contribution in [-0.2, 0) is 0 Å². The molecule has 30 heavy (non-hydrogen) atoms. The zero-order valence-electron chi connectivity index (χ0n) is 16.2. The van der Waals surface area contributed by atoms with Gasteiger partial charge in [-0.15, -0.1) is 0 Å². The van der Waals surface area contributed by atoms with Gasteiger partial charge < -0.3 is 14.6 Å². The maximum absolute atomic E-state index is 13.1. The molecule has 1 N–H and O–H groups in total. The van der Waals surface area contributed by atoms with E-state index in [0.717, 1.165) is 37.0 Å². The molecule has 0 aliphatic carbocycles. The largest absolute Gasteiger partial charge is 0.439 e. The molecular formula is C22H20FN5O2. The van der Waals surface area contributed by atoms with Crippen LogP contribution in [0.2, 0.25) is 0 Å². The normalized spacial score (nSPS) is 14.9. The number of anilines is 1. The van der Waals surface area contributed by atoms with E-state index >= 15 is 0 Å². The van der Waals surface area contributed by atoms with Crippen LogP contribution in [0.3, 0.4) is 0 Å². The minimum atomic E-state index is -0.317. The van der Waals surface area contributed by atoms with E-state index in [-0.39, 0.29) is 17.5 Å². The van der Waals surface area contributed by atoms with Crippen LogP contribution in [0, 0.1) is 5.82 Å². The van der Waals surface area contributed by atoms with Crippen molar-refractivity contribution in [2.45, 2.75) is 18.9 Å². The first kappa shape index (κ1) is 18.4. The highest BCUT2D eigenvalue weighted by Crippen LogP contribution is 2.27. The summed E-state index contributed by atoms with van der Waals surface area (Å²) in [4.78, 5) is 26.3. The molecule has 0 atom stereocenters. The first-order valence-electron chi connectivity index (χ1n) is 9.88. The lowest BCUT2D eigenvalue weighted by Gasteiger charge is -2.32. The fourth-order valence-electron chi connectivity index (χ4n) is 3.93. The maximum atomic E-state index is 13.1. The van der Waals surface area contributed by atoms with E-state index < -0.39 is 0 Å². The first-order valence-corrected chi connectivity index (χ1v) is 9.88. The monoisotopic (exact) mass is 405 g/mol. The second-order valence-electron chi connectivity index (χ2n) is 7.29. The van der Waals surface area contributed by atoms with Gasteiger partial charge in [0.05, 0.1) is 11.0 Å². The van der Waals surface area contributed by atoms with Crippen LogP contribution in [0.15, 0.2) is 65.6 Å². The molecule has 152 valence electrons. The molecule has 0 amide bonds. The van der Waals surface area contributed by atoms with E-state index in [0.29, 0.717) is 17.6 Å². The number of imidazole rings is 1. The number of rotatable bonds is 4. The molecular weight excluding hydrogens is 385 g/mol. The van der Waals surface area contributed by atoms with Crippen LogP contribution in [0.4, 0.5) is 10.3 Å². The molecule has 1 saturated heterocycles. The van der Waals surface area contributed by atoms with Gasteiger partial charge in [0, 0.05) is 31.4 Å². The molecule has 1 aliphatic heterocycles. The van der Waals surface area contributed by atoms with Crippen LogP contribution in [-0.4, -0.2) is 32.6 Å². The third-order valence-corrected chi connectivity index (χ3v) is 5.39. The van der Waals surface area contributed by atoms with E-state index in [9.17, 15) is 9.18 Å². The average molecular weight is 405 g/mol. The van der Waals surface area contributed by atoms with Gasteiger partial charge in [-0.05, 0) is 49.2 Å². The Morgan fingerprint density at radius 3 is 2.60 bits per heavy atom. The van der Waals surface area contributed by atoms with Gasteiger partial charge in [0.2, 0.25) is 11.8 Å². The number of halogens is 1. The number of piperidine rings is 1. The molecule has 8 heteroatoms. The van der Waals surface area contributed by atoms with Gasteiger partial charge in [-0.3, -0.25) is 4.57 Å². The number of nitrogens with one attached hydrogen (secondary N) is 1. The van der Waals surface area contributed by atoms with Crippen LogP contribution < -0.4 is 15.3 Å². The SMILES string of the molecule is O=c1[nH]c2ccccc2n1C1CCN(c2nccc(Oc3ccc(F)cc3)n2)CC1. The van der Waals surface area contributed by atoms with Crippen LogP contribution in [0.5, 0.6) is 11.6 Å². The molecule has 1 fully saturated rings. The molecule has 4 aromatic rings. The predicted octanol–water partition coefficient (Wildman–Crippen LogP) is 3.89. The van der Waals surface area contributed by atoms with Crippen molar-refractivity contribution < 1.29 is 9.13 Å². The Morgan fingerprint density at radius 2 is 1.80 bits per heavy atom. The number of H-pyrrole nitrogens is 1. The summed E-state index contributed by atoms with van der Waals surface area (Å²) in [7, 11) is 0. The number of nitrogens with zero attached hydrogens (tertiary/aromatic N) is 4. The Bertz CT molecular complexity index is 1230. The zero-order chi connectivity index (χ0) is 20.5. The molecule has 2 aromatic heterocycles. The van der Waals surface area contributed by atoms with Crippen molar-refractivity contribution in [3.05, 3.63) is 77.1 Å². The first-order chi connectivity index (χ1) is 14.7. The van der Waals surface area contributed by atoms with Crippen LogP contribution in [0.1, 0.15) is 18.9 Å². The fraction of sp³-hybridized carbons (Fsp3) is 0.227. The molecule has 3 heterocycles. The van der Waals surface area contributed by atoms with Gasteiger partial charge in [0.25, 0.3) is 0 Å². The van der Waals surface area contributed by atoms with E-state index in [2.05, 4.69) is 19.9 Å². The summed E-state index contributed by atoms with van der Waals surface area (Å²) in [6.07, 6.45) is 3.28. The van der Waals surface area contributed by atoms with E-state index in [1.165, 1.54) is 12.1 Å². The second-order valence-corrected chi connectivity index (χ2v) is 7.29. The Kier molecular flexibility index (Phi) is 4.66. The second kappa shape index (κ2) is 7.62. The summed E-state index contributed by atoms with van der Waals surface area (Å²) < 4.78 is 20.6. The molecule has 2 aromatic carbocycles. The van der Waals surface area contributed by atoms with Crippen molar-refractivity contribution in [3.63, 3.8) is 0 Å². The van der Waals surface area contributed by atoms with Gasteiger partial charge in [0.1, 0.15) is 11.6 Å². The number of hydrogen-bond acceptors (Lipinski definition) is 5. The van der Waals surface area contributed by atoms with Crippen molar-refractivity contribution in [3.8, 4) is 11.6 Å². The Hall–Kier alpha value is -3.68. The Morgan fingerprint density at radius 1 is 1.03 bits per heavy atom. The van der Waals surface area contributed by atoms with Gasteiger partial charge in [-0.1, -0.05) is 12.1 Å². The number of aromatic nitrogens is 4. The molecule has 0 saturated carbocycles. The molecule has 5 rings (SSSR count). The van der Waals surface area contributed by atoms with Gasteiger partial charge in [-0.2, -0.15) is 4.98 Å². The summed E-state index contributed by atoms with van der Waals surface area (Å²) >= 11 is 0. The minimum Gasteiger partial charge on any atom is -0.439 e. The number of fused-ring (bicyclic) bond motifs is 1. The summed E-state index contributed by atoms with van der Waals surface area (Å²) in [6, 6.07) is 15.4. The van der Waals surface area contributed by atoms with Crippen molar-refractivity contribution in [2.24, 2.45) is 0 Å². The predicted molar refractivity (Wildman–Crippen MR) is 112 cm³/mol. The van der Waals surface area contributed by atoms with Crippen LogP contribution in [0.25, 0.3) is 11.0 Å². The van der Waals surface area contributed by atoms with E-state index in [4.69, 9.17) is 4.74 Å². The lowest BCUT2D eigenvalue weighted by molar-refractivity contribution is 0.392. The molecule has 7 nitrogen and oxygen atoms in total. The fourth-order valence-corrected chi connectivity index (χ4v) is 3.93. The standard InChI is InChI=1S/C22H20FN5O2/c23-15-5-7-17(8-6-15)30-20-9-12-24-21(26-20)27-13-10-16(11-14-27)28-19-4-2-1-3-18(19)25-22(28)29/h1-9,12,16H,10-11,13-14H2,(H,25,29). The quantitative estimate of drug-likeness (QED) is 0.557. The van der Waals surface area contributed by atoms with Crippen LogP contribution >= 0.6 is 0 Å². The smallest absolute Gasteiger partial charge is 0.326 e. The maximum Gasteiger partial charge on any atom is 0.326 e. The Labute approximate surface area is 171 Å². The molecule has 0 spiro atoms. The van der Waals surface area contributed by atoms with Gasteiger partial charge >= 0.3 is 5.69 Å². The molecule has 0 unspecified atom stereocenters. The highest BCUT2D eigenvalue weighted by Gasteiger charge is 2.25. The highest BCUT2D eigenvalue weighted by atomic mass is 19.1. The van der Waals surface area contributed by atoms with E-state index in [1.54, 1.807) is 24.4 Å². The number of ether oxygens (including phenoxy) is 1. The summed E-state index contributed by atoms with van der Waals surface area (Å²) in [5.74, 6) is 1.18. The highest BCUT2D eigenvalue weighted by molar-refractivity contribution is 5.75. The number of hydrogen-bond donors (Lipinski definition) is 1. The molecule has 0 radical (unpaired) electrons. The zero-order valence-corrected chi connectivity index (χ0v) is 16.2. The summed E-state index contributed by atoms with van der Waals surface area (Å²) in [6.45, 7) is 1.47. The summed E-state index contributed by atoms with van der Waals surface area (Å²) in [5, 5.41) is 0. The van der Waals surface area contributed by atoms with Gasteiger partial charge in [0.15, 0.2) is 0 Å². The average Bonchev–Trinajstić information content (AvgIpc) is 3.11. The third-order valence-electron chi connectivity index (χ3n) is 5.39. The van der Waals surface area contributed by atoms with Crippen molar-refractivity contribution in [1.29, 1.82) is 0 Å².